The normalized spacial score (nSPS) is 15.7. The third-order valence-corrected chi connectivity index (χ3v) is 5.32. The maximum Gasteiger partial charge on any atom is 0.407 e. The van der Waals surface area contributed by atoms with Gasteiger partial charge in [-0.2, -0.15) is 0 Å². The second-order valence-corrected chi connectivity index (χ2v) is 9.00. The van der Waals surface area contributed by atoms with E-state index in [2.05, 4.69) is 15.3 Å². The molecule has 0 aliphatic carbocycles. The molecule has 3 heterocycles. The number of nitrogens with two attached hydrogens (primary N) is 1. The molecule has 11 heteroatoms. The number of carbonyl (C=O) groups is 2. The number of ether oxygens (including phenoxy) is 1. The Labute approximate surface area is 186 Å². The lowest BCUT2D eigenvalue weighted by molar-refractivity contribution is -0.118. The summed E-state index contributed by atoms with van der Waals surface area (Å²) in [6.45, 7) is 7.95. The number of alkyl carbamates (subject to hydrolysis) is 1. The molecule has 0 unspecified atom stereocenters. The molecule has 2 amide bonds. The van der Waals surface area contributed by atoms with Crippen molar-refractivity contribution >= 4 is 24.2 Å². The fourth-order valence-corrected chi connectivity index (χ4v) is 3.70. The van der Waals surface area contributed by atoms with Gasteiger partial charge in [0.05, 0.1) is 12.9 Å². The Morgan fingerprint density at radius 1 is 1.35 bits per heavy atom. The fraction of sp³-hybridized carbons (Fsp3) is 0.600. The number of hydrogen-bond acceptors (Lipinski definition) is 7. The number of aromatic nitrogens is 3. The lowest BCUT2D eigenvalue weighted by Crippen LogP contribution is -2.46. The molecule has 1 saturated heterocycles. The zero-order valence-corrected chi connectivity index (χ0v) is 19.0. The van der Waals surface area contributed by atoms with Crippen LogP contribution in [-0.2, 0) is 22.7 Å². The molecule has 2 aromatic rings. The largest absolute Gasteiger partial charge is 0.461 e. The average molecular weight is 451 g/mol. The number of amides is 2. The summed E-state index contributed by atoms with van der Waals surface area (Å²) in [4.78, 5) is 25.5. The Kier molecular flexibility index (Phi) is 7.16. The molecule has 1 aliphatic heterocycles. The maximum absolute atomic E-state index is 12.0. The average Bonchev–Trinajstić information content (AvgIpc) is 3.29. The van der Waals surface area contributed by atoms with Gasteiger partial charge in [0, 0.05) is 32.1 Å². The molecule has 10 nitrogen and oxygen atoms in total. The van der Waals surface area contributed by atoms with Crippen molar-refractivity contribution in [3.8, 4) is 11.6 Å². The zero-order chi connectivity index (χ0) is 22.6. The third-order valence-electron chi connectivity index (χ3n) is 4.89. The van der Waals surface area contributed by atoms with Crippen molar-refractivity contribution in [2.75, 3.05) is 13.1 Å². The summed E-state index contributed by atoms with van der Waals surface area (Å²) in [5.41, 5.74) is 4.80. The van der Waals surface area contributed by atoms with Gasteiger partial charge in [-0.15, -0.1) is 5.10 Å². The van der Waals surface area contributed by atoms with Crippen LogP contribution in [0.1, 0.15) is 40.0 Å². The van der Waals surface area contributed by atoms with Gasteiger partial charge in [0.25, 0.3) is 0 Å². The SMILES string of the molecule is CC(C)(C)OC(=O)NC1CCN(Cn2nc(-c3ccco3)n(CCC(N)=O)c2=S)CC1. The van der Waals surface area contributed by atoms with Gasteiger partial charge in [-0.05, 0) is 58.0 Å². The molecule has 31 heavy (non-hydrogen) atoms. The number of hydrogen-bond donors (Lipinski definition) is 2. The predicted octanol–water partition coefficient (Wildman–Crippen LogP) is 2.50. The van der Waals surface area contributed by atoms with E-state index in [4.69, 9.17) is 27.1 Å². The van der Waals surface area contributed by atoms with Crippen molar-refractivity contribution in [2.24, 2.45) is 5.73 Å². The summed E-state index contributed by atoms with van der Waals surface area (Å²) >= 11 is 5.61. The van der Waals surface area contributed by atoms with E-state index in [0.717, 1.165) is 25.9 Å². The summed E-state index contributed by atoms with van der Waals surface area (Å²) < 4.78 is 14.8. The quantitative estimate of drug-likeness (QED) is 0.622. The monoisotopic (exact) mass is 450 g/mol. The van der Waals surface area contributed by atoms with Gasteiger partial charge in [-0.1, -0.05) is 0 Å². The van der Waals surface area contributed by atoms with Gasteiger partial charge in [-0.25, -0.2) is 9.48 Å². The summed E-state index contributed by atoms with van der Waals surface area (Å²) in [7, 11) is 0. The number of primary amides is 1. The van der Waals surface area contributed by atoms with Crippen molar-refractivity contribution in [2.45, 2.75) is 64.9 Å². The number of furan rings is 1. The van der Waals surface area contributed by atoms with Gasteiger partial charge >= 0.3 is 6.09 Å². The summed E-state index contributed by atoms with van der Waals surface area (Å²) in [5.74, 6) is 0.743. The Hall–Kier alpha value is -2.66. The summed E-state index contributed by atoms with van der Waals surface area (Å²) in [6, 6.07) is 3.65. The van der Waals surface area contributed by atoms with Crippen LogP contribution in [0.2, 0.25) is 0 Å². The summed E-state index contributed by atoms with van der Waals surface area (Å²) in [5, 5.41) is 7.57. The molecular formula is C20H30N6O4S. The molecule has 170 valence electrons. The van der Waals surface area contributed by atoms with Gasteiger partial charge in [0.15, 0.2) is 16.4 Å². The van der Waals surface area contributed by atoms with E-state index in [1.807, 2.05) is 20.8 Å². The highest BCUT2D eigenvalue weighted by Gasteiger charge is 2.24. The fourth-order valence-electron chi connectivity index (χ4n) is 3.43. The smallest absolute Gasteiger partial charge is 0.407 e. The van der Waals surface area contributed by atoms with Crippen LogP contribution in [-0.4, -0.2) is 56.0 Å². The molecule has 2 aromatic heterocycles. The first-order valence-corrected chi connectivity index (χ1v) is 10.7. The maximum atomic E-state index is 12.0. The molecule has 0 radical (unpaired) electrons. The zero-order valence-electron chi connectivity index (χ0n) is 18.2. The van der Waals surface area contributed by atoms with E-state index >= 15 is 0 Å². The number of nitrogens with one attached hydrogen (secondary N) is 1. The van der Waals surface area contributed by atoms with E-state index in [9.17, 15) is 9.59 Å². The lowest BCUT2D eigenvalue weighted by atomic mass is 10.1. The number of nitrogens with zero attached hydrogens (tertiary/aromatic N) is 4. The standard InChI is InChI=1S/C20H30N6O4S/c1-20(2,3)30-18(28)22-14-6-9-24(10-7-14)13-26-19(31)25(11-8-16(21)27)17(23-26)15-5-4-12-29-15/h4-5,12,14H,6-11,13H2,1-3H3,(H2,21,27)(H,22,28). The highest BCUT2D eigenvalue weighted by atomic mass is 32.1. The van der Waals surface area contributed by atoms with Crippen molar-refractivity contribution in [1.29, 1.82) is 0 Å². The van der Waals surface area contributed by atoms with Crippen LogP contribution < -0.4 is 11.1 Å². The molecule has 1 aliphatic rings. The van der Waals surface area contributed by atoms with Crippen molar-refractivity contribution in [3.63, 3.8) is 0 Å². The van der Waals surface area contributed by atoms with Crippen LogP contribution in [0.5, 0.6) is 0 Å². The predicted molar refractivity (Wildman–Crippen MR) is 117 cm³/mol. The minimum atomic E-state index is -0.514. The van der Waals surface area contributed by atoms with Crippen LogP contribution in [0.4, 0.5) is 4.79 Å². The molecule has 0 saturated carbocycles. The van der Waals surface area contributed by atoms with Crippen molar-refractivity contribution in [3.05, 3.63) is 23.2 Å². The van der Waals surface area contributed by atoms with E-state index < -0.39 is 11.5 Å². The number of carbonyl (C=O) groups excluding carboxylic acids is 2. The van der Waals surface area contributed by atoms with Crippen molar-refractivity contribution < 1.29 is 18.7 Å². The second-order valence-electron chi connectivity index (χ2n) is 8.63. The topological polar surface area (TPSA) is 121 Å². The Bertz CT molecular complexity index is 951. The number of rotatable bonds is 7. The second kappa shape index (κ2) is 9.65. The van der Waals surface area contributed by atoms with Crippen LogP contribution in [0.25, 0.3) is 11.6 Å². The van der Waals surface area contributed by atoms with Gasteiger partial charge in [-0.3, -0.25) is 14.3 Å². The molecule has 1 fully saturated rings. The van der Waals surface area contributed by atoms with E-state index in [1.165, 1.54) is 0 Å². The van der Waals surface area contributed by atoms with Gasteiger partial charge in [0.1, 0.15) is 5.60 Å². The van der Waals surface area contributed by atoms with Gasteiger partial charge < -0.3 is 20.2 Å². The molecule has 3 rings (SSSR count). The van der Waals surface area contributed by atoms with Crippen LogP contribution >= 0.6 is 12.2 Å². The van der Waals surface area contributed by atoms with E-state index in [1.54, 1.807) is 27.6 Å². The minimum absolute atomic E-state index is 0.0749. The highest BCUT2D eigenvalue weighted by molar-refractivity contribution is 7.71. The first-order valence-electron chi connectivity index (χ1n) is 10.3. The molecule has 0 bridgehead atoms. The van der Waals surface area contributed by atoms with Crippen LogP contribution in [0.3, 0.4) is 0 Å². The Morgan fingerprint density at radius 2 is 2.06 bits per heavy atom. The van der Waals surface area contributed by atoms with Crippen LogP contribution in [0, 0.1) is 4.77 Å². The van der Waals surface area contributed by atoms with E-state index in [-0.39, 0.29) is 18.6 Å². The Morgan fingerprint density at radius 3 is 2.65 bits per heavy atom. The lowest BCUT2D eigenvalue weighted by Gasteiger charge is -2.32. The van der Waals surface area contributed by atoms with Crippen LogP contribution in [0.15, 0.2) is 22.8 Å². The molecule has 0 aromatic carbocycles. The number of piperidine rings is 1. The van der Waals surface area contributed by atoms with E-state index in [0.29, 0.717) is 29.6 Å². The molecular weight excluding hydrogens is 420 g/mol. The highest BCUT2D eigenvalue weighted by Crippen LogP contribution is 2.20. The first kappa shape index (κ1) is 23.0. The van der Waals surface area contributed by atoms with Crippen molar-refractivity contribution in [1.82, 2.24) is 24.6 Å². The first-order chi connectivity index (χ1) is 14.6. The molecule has 0 atom stereocenters. The Balaban J connectivity index is 1.63. The minimum Gasteiger partial charge on any atom is -0.461 e. The van der Waals surface area contributed by atoms with Gasteiger partial charge in [0.2, 0.25) is 5.91 Å². The number of likely N-dealkylation sites (tertiary alicyclic amines) is 1. The molecule has 0 spiro atoms. The third kappa shape index (κ3) is 6.41. The molecule has 3 N–H and O–H groups in total. The summed E-state index contributed by atoms with van der Waals surface area (Å²) in [6.07, 6.45) is 2.96.